The number of carboxylic acids is 1. The van der Waals surface area contributed by atoms with Gasteiger partial charge in [0.25, 0.3) is 0 Å². The van der Waals surface area contributed by atoms with Crippen LogP contribution >= 0.6 is 23.4 Å². The van der Waals surface area contributed by atoms with Gasteiger partial charge in [0.05, 0.1) is 15.6 Å². The molecule has 0 atom stereocenters. The van der Waals surface area contributed by atoms with E-state index in [-0.39, 0.29) is 10.6 Å². The fourth-order valence-electron chi connectivity index (χ4n) is 2.00. The largest absolute Gasteiger partial charge is 0.478 e. The number of hydrogen-bond donors (Lipinski definition) is 2. The Balaban J connectivity index is 2.20. The van der Waals surface area contributed by atoms with Crippen molar-refractivity contribution in [3.05, 3.63) is 69.7 Å². The number of carbonyl (C=O) groups is 1. The molecule has 0 aliphatic carbocycles. The van der Waals surface area contributed by atoms with E-state index in [2.05, 4.69) is 37.4 Å². The van der Waals surface area contributed by atoms with Gasteiger partial charge in [0, 0.05) is 10.6 Å². The minimum absolute atomic E-state index is 0.102. The third-order valence-corrected chi connectivity index (χ3v) is 4.65. The van der Waals surface area contributed by atoms with Crippen molar-refractivity contribution in [2.45, 2.75) is 25.2 Å². The zero-order valence-corrected chi connectivity index (χ0v) is 14.5. The Morgan fingerprint density at radius 1 is 1.30 bits per heavy atom. The lowest BCUT2D eigenvalue weighted by molar-refractivity contribution is 0.0697. The molecule has 2 aromatic carbocycles. The van der Waals surface area contributed by atoms with Crippen molar-refractivity contribution in [1.29, 1.82) is 0 Å². The summed E-state index contributed by atoms with van der Waals surface area (Å²) in [5.41, 5.74) is 2.08. The molecule has 0 unspecified atom stereocenters. The van der Waals surface area contributed by atoms with E-state index in [1.807, 2.05) is 12.1 Å². The number of thioether (sulfide) groups is 1. The van der Waals surface area contributed by atoms with E-state index < -0.39 is 5.97 Å². The van der Waals surface area contributed by atoms with Gasteiger partial charge in [-0.15, -0.1) is 0 Å². The van der Waals surface area contributed by atoms with E-state index in [4.69, 9.17) is 16.7 Å². The number of anilines is 1. The highest BCUT2D eigenvalue weighted by Gasteiger charge is 2.10. The maximum Gasteiger partial charge on any atom is 0.337 e. The topological polar surface area (TPSA) is 49.3 Å². The Morgan fingerprint density at radius 2 is 2.04 bits per heavy atom. The van der Waals surface area contributed by atoms with Crippen LogP contribution in [-0.4, -0.2) is 11.1 Å². The molecule has 5 heteroatoms. The van der Waals surface area contributed by atoms with Crippen LogP contribution in [0, 0.1) is 6.92 Å². The first-order valence-electron chi connectivity index (χ1n) is 7.24. The number of halogens is 1. The Hall–Kier alpha value is -1.91. The molecule has 2 aromatic rings. The molecule has 3 nitrogen and oxygen atoms in total. The van der Waals surface area contributed by atoms with Gasteiger partial charge in [-0.2, -0.15) is 0 Å². The average molecular weight is 348 g/mol. The third-order valence-electron chi connectivity index (χ3n) is 3.17. The van der Waals surface area contributed by atoms with Crippen molar-refractivity contribution < 1.29 is 9.90 Å². The summed E-state index contributed by atoms with van der Waals surface area (Å²) in [4.78, 5) is 12.2. The molecule has 0 fully saturated rings. The van der Waals surface area contributed by atoms with E-state index in [0.29, 0.717) is 0 Å². The molecule has 0 saturated carbocycles. The first-order chi connectivity index (χ1) is 11.0. The van der Waals surface area contributed by atoms with Crippen molar-refractivity contribution in [3.8, 4) is 0 Å². The van der Waals surface area contributed by atoms with Crippen LogP contribution < -0.4 is 5.32 Å². The monoisotopic (exact) mass is 347 g/mol. The Morgan fingerprint density at radius 3 is 2.65 bits per heavy atom. The van der Waals surface area contributed by atoms with Gasteiger partial charge in [0.2, 0.25) is 0 Å². The second-order valence-corrected chi connectivity index (χ2v) is 6.46. The predicted molar refractivity (Wildman–Crippen MR) is 97.4 cm³/mol. The van der Waals surface area contributed by atoms with Gasteiger partial charge in [0.15, 0.2) is 0 Å². The number of aromatic carboxylic acids is 1. The molecule has 120 valence electrons. The summed E-state index contributed by atoms with van der Waals surface area (Å²) in [6.45, 7) is 4.14. The number of benzene rings is 2. The zero-order chi connectivity index (χ0) is 16.8. The molecule has 0 spiro atoms. The normalized spacial score (nSPS) is 11.3. The van der Waals surface area contributed by atoms with Crippen molar-refractivity contribution in [2.24, 2.45) is 0 Å². The van der Waals surface area contributed by atoms with E-state index in [1.54, 1.807) is 23.9 Å². The fraction of sp³-hybridized carbons (Fsp3) is 0.167. The van der Waals surface area contributed by atoms with Crippen LogP contribution in [0.5, 0.6) is 0 Å². The molecule has 0 amide bonds. The standard InChI is InChI=1S/C18H18ClNO2S/c1-3-6-17(23-16-8-5-4-7-12(16)2)20-13-9-10-14(18(21)22)15(19)11-13/h4-11,20H,3H2,1-2H3,(H,21,22)/b17-6+. The summed E-state index contributed by atoms with van der Waals surface area (Å²) in [5.74, 6) is -1.03. The lowest BCUT2D eigenvalue weighted by Crippen LogP contribution is -2.00. The van der Waals surface area contributed by atoms with Gasteiger partial charge >= 0.3 is 5.97 Å². The molecule has 0 bridgehead atoms. The second-order valence-electron chi connectivity index (χ2n) is 4.97. The first kappa shape index (κ1) is 17.4. The number of carboxylic acid groups (broad SMARTS) is 1. The van der Waals surface area contributed by atoms with Gasteiger partial charge in [0.1, 0.15) is 0 Å². The van der Waals surface area contributed by atoms with Gasteiger partial charge in [-0.3, -0.25) is 0 Å². The summed E-state index contributed by atoms with van der Waals surface area (Å²) < 4.78 is 0. The van der Waals surface area contributed by atoms with Crippen molar-refractivity contribution in [2.75, 3.05) is 5.32 Å². The molecule has 23 heavy (non-hydrogen) atoms. The molecule has 2 rings (SSSR count). The highest BCUT2D eigenvalue weighted by molar-refractivity contribution is 8.03. The molecular formula is C18H18ClNO2S. The maximum absolute atomic E-state index is 11.0. The van der Waals surface area contributed by atoms with Crippen molar-refractivity contribution in [3.63, 3.8) is 0 Å². The van der Waals surface area contributed by atoms with Crippen LogP contribution in [0.25, 0.3) is 0 Å². The maximum atomic E-state index is 11.0. The number of nitrogens with one attached hydrogen (secondary N) is 1. The van der Waals surface area contributed by atoms with E-state index in [9.17, 15) is 4.79 Å². The van der Waals surface area contributed by atoms with Crippen molar-refractivity contribution >= 4 is 35.0 Å². The van der Waals surface area contributed by atoms with Gasteiger partial charge < -0.3 is 10.4 Å². The molecular weight excluding hydrogens is 330 g/mol. The summed E-state index contributed by atoms with van der Waals surface area (Å²) in [6, 6.07) is 13.0. The van der Waals surface area contributed by atoms with Crippen LogP contribution in [-0.2, 0) is 0 Å². The van der Waals surface area contributed by atoms with Crippen LogP contribution in [0.15, 0.2) is 58.5 Å². The lowest BCUT2D eigenvalue weighted by atomic mass is 10.2. The smallest absolute Gasteiger partial charge is 0.337 e. The number of rotatable bonds is 6. The van der Waals surface area contributed by atoms with Crippen LogP contribution in [0.4, 0.5) is 5.69 Å². The van der Waals surface area contributed by atoms with Gasteiger partial charge in [-0.05, 0) is 43.2 Å². The molecule has 0 aliphatic heterocycles. The third kappa shape index (κ3) is 4.78. The molecule has 0 heterocycles. The number of aryl methyl sites for hydroxylation is 1. The molecule has 2 N–H and O–H groups in total. The van der Waals surface area contributed by atoms with Crippen LogP contribution in [0.2, 0.25) is 5.02 Å². The fourth-order valence-corrected chi connectivity index (χ4v) is 3.29. The highest BCUT2D eigenvalue weighted by Crippen LogP contribution is 2.31. The average Bonchev–Trinajstić information content (AvgIpc) is 2.49. The van der Waals surface area contributed by atoms with Gasteiger partial charge in [-0.1, -0.05) is 54.6 Å². The molecule has 0 aromatic heterocycles. The highest BCUT2D eigenvalue weighted by atomic mass is 35.5. The van der Waals surface area contributed by atoms with Gasteiger partial charge in [-0.25, -0.2) is 4.79 Å². The first-order valence-corrected chi connectivity index (χ1v) is 8.44. The Labute approximate surface area is 145 Å². The van der Waals surface area contributed by atoms with Crippen molar-refractivity contribution in [1.82, 2.24) is 0 Å². The predicted octanol–water partition coefficient (Wildman–Crippen LogP) is 5.80. The SMILES string of the molecule is CC/C=C(\Nc1ccc(C(=O)O)c(Cl)c1)Sc1ccccc1C. The molecule has 0 radical (unpaired) electrons. The van der Waals surface area contributed by atoms with Crippen LogP contribution in [0.3, 0.4) is 0 Å². The summed E-state index contributed by atoms with van der Waals surface area (Å²) in [5, 5.41) is 13.5. The Bertz CT molecular complexity index is 744. The number of hydrogen-bond acceptors (Lipinski definition) is 3. The van der Waals surface area contributed by atoms with E-state index in [0.717, 1.165) is 17.1 Å². The quantitative estimate of drug-likeness (QED) is 0.648. The summed E-state index contributed by atoms with van der Waals surface area (Å²) in [7, 11) is 0. The molecule has 0 aliphatic rings. The van der Waals surface area contributed by atoms with E-state index in [1.165, 1.54) is 16.5 Å². The number of allylic oxidation sites excluding steroid dienone is 1. The molecule has 0 saturated heterocycles. The minimum atomic E-state index is -1.03. The summed E-state index contributed by atoms with van der Waals surface area (Å²) in [6.07, 6.45) is 2.98. The van der Waals surface area contributed by atoms with Crippen LogP contribution in [0.1, 0.15) is 29.3 Å². The summed E-state index contributed by atoms with van der Waals surface area (Å²) >= 11 is 7.66. The second kappa shape index (κ2) is 8.09. The minimum Gasteiger partial charge on any atom is -0.478 e. The lowest BCUT2D eigenvalue weighted by Gasteiger charge is -2.13. The zero-order valence-electron chi connectivity index (χ0n) is 13.0. The Kier molecular flexibility index (Phi) is 6.13. The van der Waals surface area contributed by atoms with E-state index >= 15 is 0 Å².